The van der Waals surface area contributed by atoms with Gasteiger partial charge in [0.05, 0.1) is 19.1 Å². The van der Waals surface area contributed by atoms with E-state index in [2.05, 4.69) is 19.2 Å². The van der Waals surface area contributed by atoms with Crippen LogP contribution in [0.3, 0.4) is 0 Å². The molecule has 3 unspecified atom stereocenters. The summed E-state index contributed by atoms with van der Waals surface area (Å²) in [6.45, 7) is 8.23. The van der Waals surface area contributed by atoms with Crippen LogP contribution >= 0.6 is 0 Å². The van der Waals surface area contributed by atoms with Gasteiger partial charge in [0, 0.05) is 18.6 Å². The Balaban J connectivity index is 2.67. The van der Waals surface area contributed by atoms with Crippen molar-refractivity contribution in [2.24, 2.45) is 5.92 Å². The van der Waals surface area contributed by atoms with Crippen LogP contribution in [0.1, 0.15) is 27.2 Å². The van der Waals surface area contributed by atoms with E-state index in [4.69, 9.17) is 4.74 Å². The standard InChI is InChI=1S/C12H24N2O2/c1-5-9(3)14(6-2)12(15)10-7-16-8-11(10)13-4/h9-11,13H,5-8H2,1-4H3. The molecule has 0 saturated carbocycles. The van der Waals surface area contributed by atoms with Crippen LogP contribution in [-0.2, 0) is 9.53 Å². The summed E-state index contributed by atoms with van der Waals surface area (Å²) in [5.41, 5.74) is 0. The summed E-state index contributed by atoms with van der Waals surface area (Å²) in [4.78, 5) is 14.3. The van der Waals surface area contributed by atoms with Crippen LogP contribution in [-0.4, -0.2) is 49.7 Å². The molecule has 1 amide bonds. The second-order valence-corrected chi connectivity index (χ2v) is 4.42. The maximum Gasteiger partial charge on any atom is 0.229 e. The van der Waals surface area contributed by atoms with Gasteiger partial charge in [0.1, 0.15) is 0 Å². The van der Waals surface area contributed by atoms with E-state index in [0.29, 0.717) is 19.3 Å². The fraction of sp³-hybridized carbons (Fsp3) is 0.917. The Morgan fingerprint density at radius 3 is 2.69 bits per heavy atom. The number of hydrogen-bond acceptors (Lipinski definition) is 3. The zero-order valence-corrected chi connectivity index (χ0v) is 10.8. The Morgan fingerprint density at radius 2 is 2.19 bits per heavy atom. The molecule has 1 fully saturated rings. The lowest BCUT2D eigenvalue weighted by Gasteiger charge is -2.31. The van der Waals surface area contributed by atoms with Gasteiger partial charge < -0.3 is 15.0 Å². The highest BCUT2D eigenvalue weighted by atomic mass is 16.5. The molecule has 16 heavy (non-hydrogen) atoms. The maximum atomic E-state index is 12.4. The van der Waals surface area contributed by atoms with Crippen molar-refractivity contribution in [2.75, 3.05) is 26.8 Å². The van der Waals surface area contributed by atoms with E-state index in [0.717, 1.165) is 13.0 Å². The number of ether oxygens (including phenoxy) is 1. The van der Waals surface area contributed by atoms with Gasteiger partial charge in [-0.15, -0.1) is 0 Å². The smallest absolute Gasteiger partial charge is 0.229 e. The van der Waals surface area contributed by atoms with E-state index in [-0.39, 0.29) is 17.9 Å². The molecule has 0 aliphatic carbocycles. The van der Waals surface area contributed by atoms with Gasteiger partial charge in [-0.25, -0.2) is 0 Å². The van der Waals surface area contributed by atoms with Crippen molar-refractivity contribution in [3.05, 3.63) is 0 Å². The van der Waals surface area contributed by atoms with E-state index in [1.54, 1.807) is 0 Å². The molecule has 0 bridgehead atoms. The lowest BCUT2D eigenvalue weighted by atomic mass is 10.0. The SMILES string of the molecule is CCC(C)N(CC)C(=O)C1COCC1NC. The molecule has 1 rings (SSSR count). The van der Waals surface area contributed by atoms with Crippen LogP contribution < -0.4 is 5.32 Å². The van der Waals surface area contributed by atoms with Crippen molar-refractivity contribution in [1.29, 1.82) is 0 Å². The Kier molecular flexibility index (Phi) is 5.22. The van der Waals surface area contributed by atoms with Crippen molar-refractivity contribution in [3.63, 3.8) is 0 Å². The van der Waals surface area contributed by atoms with Crippen LogP contribution in [0, 0.1) is 5.92 Å². The van der Waals surface area contributed by atoms with E-state index in [1.165, 1.54) is 0 Å². The fourth-order valence-electron chi connectivity index (χ4n) is 2.20. The molecule has 1 aliphatic heterocycles. The van der Waals surface area contributed by atoms with Crippen molar-refractivity contribution in [1.82, 2.24) is 10.2 Å². The highest BCUT2D eigenvalue weighted by molar-refractivity contribution is 5.80. The molecule has 1 N–H and O–H groups in total. The summed E-state index contributed by atoms with van der Waals surface area (Å²) in [6.07, 6.45) is 0.997. The summed E-state index contributed by atoms with van der Waals surface area (Å²) in [5, 5.41) is 3.16. The van der Waals surface area contributed by atoms with Crippen LogP contribution in [0.2, 0.25) is 0 Å². The fourth-order valence-corrected chi connectivity index (χ4v) is 2.20. The van der Waals surface area contributed by atoms with Crippen molar-refractivity contribution < 1.29 is 9.53 Å². The summed E-state index contributed by atoms with van der Waals surface area (Å²) >= 11 is 0. The zero-order chi connectivity index (χ0) is 12.1. The molecule has 1 saturated heterocycles. The minimum Gasteiger partial charge on any atom is -0.379 e. The van der Waals surface area contributed by atoms with Crippen molar-refractivity contribution in [2.45, 2.75) is 39.3 Å². The first-order valence-electron chi connectivity index (χ1n) is 6.21. The second kappa shape index (κ2) is 6.21. The van der Waals surface area contributed by atoms with Crippen LogP contribution in [0.4, 0.5) is 0 Å². The topological polar surface area (TPSA) is 41.6 Å². The molecular weight excluding hydrogens is 204 g/mol. The summed E-state index contributed by atoms with van der Waals surface area (Å²) in [7, 11) is 1.89. The van der Waals surface area contributed by atoms with Gasteiger partial charge in [-0.3, -0.25) is 4.79 Å². The molecule has 4 nitrogen and oxygen atoms in total. The van der Waals surface area contributed by atoms with Gasteiger partial charge in [0.2, 0.25) is 5.91 Å². The van der Waals surface area contributed by atoms with Gasteiger partial charge in [-0.2, -0.15) is 0 Å². The average Bonchev–Trinajstić information content (AvgIpc) is 2.77. The molecule has 4 heteroatoms. The van der Waals surface area contributed by atoms with Gasteiger partial charge in [0.15, 0.2) is 0 Å². The van der Waals surface area contributed by atoms with Crippen LogP contribution in [0.25, 0.3) is 0 Å². The van der Waals surface area contributed by atoms with Gasteiger partial charge in [0.25, 0.3) is 0 Å². The second-order valence-electron chi connectivity index (χ2n) is 4.42. The number of rotatable bonds is 5. The quantitative estimate of drug-likeness (QED) is 0.759. The molecular formula is C12H24N2O2. The summed E-state index contributed by atoms with van der Waals surface area (Å²) in [5.74, 6) is 0.215. The van der Waals surface area contributed by atoms with Crippen LogP contribution in [0.15, 0.2) is 0 Å². The Hall–Kier alpha value is -0.610. The molecule has 0 radical (unpaired) electrons. The van der Waals surface area contributed by atoms with E-state index in [9.17, 15) is 4.79 Å². The average molecular weight is 228 g/mol. The summed E-state index contributed by atoms with van der Waals surface area (Å²) in [6, 6.07) is 0.487. The normalized spacial score (nSPS) is 26.8. The van der Waals surface area contributed by atoms with Crippen molar-refractivity contribution >= 4 is 5.91 Å². The number of hydrogen-bond donors (Lipinski definition) is 1. The first-order valence-corrected chi connectivity index (χ1v) is 6.21. The molecule has 0 aromatic carbocycles. The Bertz CT molecular complexity index is 229. The zero-order valence-electron chi connectivity index (χ0n) is 10.8. The van der Waals surface area contributed by atoms with E-state index >= 15 is 0 Å². The minimum atomic E-state index is -0.0149. The molecule has 0 aromatic rings. The number of nitrogens with one attached hydrogen (secondary N) is 1. The first-order chi connectivity index (χ1) is 7.65. The number of amides is 1. The van der Waals surface area contributed by atoms with Gasteiger partial charge in [-0.05, 0) is 27.3 Å². The third-order valence-corrected chi connectivity index (χ3v) is 3.52. The number of carbonyl (C=O) groups is 1. The van der Waals surface area contributed by atoms with Crippen LogP contribution in [0.5, 0.6) is 0 Å². The van der Waals surface area contributed by atoms with Gasteiger partial charge >= 0.3 is 0 Å². The largest absolute Gasteiger partial charge is 0.379 e. The minimum absolute atomic E-state index is 0.0149. The maximum absolute atomic E-state index is 12.4. The lowest BCUT2D eigenvalue weighted by Crippen LogP contribution is -2.47. The molecule has 3 atom stereocenters. The Morgan fingerprint density at radius 1 is 1.50 bits per heavy atom. The lowest BCUT2D eigenvalue weighted by molar-refractivity contribution is -0.137. The monoisotopic (exact) mass is 228 g/mol. The molecule has 1 aliphatic rings. The first kappa shape index (κ1) is 13.5. The van der Waals surface area contributed by atoms with E-state index < -0.39 is 0 Å². The third kappa shape index (κ3) is 2.74. The highest BCUT2D eigenvalue weighted by Gasteiger charge is 2.36. The predicted molar refractivity (Wildman–Crippen MR) is 64.3 cm³/mol. The third-order valence-electron chi connectivity index (χ3n) is 3.52. The number of carbonyl (C=O) groups excluding carboxylic acids is 1. The van der Waals surface area contributed by atoms with E-state index in [1.807, 2.05) is 18.9 Å². The molecule has 94 valence electrons. The molecule has 0 aromatic heterocycles. The number of likely N-dealkylation sites (N-methyl/N-ethyl adjacent to an activating group) is 1. The number of nitrogens with zero attached hydrogens (tertiary/aromatic N) is 1. The van der Waals surface area contributed by atoms with Gasteiger partial charge in [-0.1, -0.05) is 6.92 Å². The predicted octanol–water partition coefficient (Wildman–Crippen LogP) is 0.868. The molecule has 1 heterocycles. The Labute approximate surface area is 98.3 Å². The molecule has 0 spiro atoms. The summed E-state index contributed by atoms with van der Waals surface area (Å²) < 4.78 is 5.38. The highest BCUT2D eigenvalue weighted by Crippen LogP contribution is 2.18. The van der Waals surface area contributed by atoms with Crippen molar-refractivity contribution in [3.8, 4) is 0 Å².